The van der Waals surface area contributed by atoms with Gasteiger partial charge in [0.2, 0.25) is 0 Å². The molecular formula is C12H29N3O. The van der Waals surface area contributed by atoms with E-state index in [4.69, 9.17) is 11.5 Å². The van der Waals surface area contributed by atoms with Crippen molar-refractivity contribution in [3.8, 4) is 0 Å². The molecule has 0 aliphatic rings. The van der Waals surface area contributed by atoms with Crippen molar-refractivity contribution in [1.29, 1.82) is 0 Å². The van der Waals surface area contributed by atoms with Gasteiger partial charge in [-0.3, -0.25) is 0 Å². The number of hydrogen-bond acceptors (Lipinski definition) is 4. The molecule has 0 aromatic heterocycles. The molecule has 0 saturated heterocycles. The van der Waals surface area contributed by atoms with Crippen molar-refractivity contribution in [3.63, 3.8) is 0 Å². The van der Waals surface area contributed by atoms with Crippen LogP contribution in [-0.2, 0) is 0 Å². The van der Waals surface area contributed by atoms with E-state index in [-0.39, 0.29) is 6.04 Å². The quantitative estimate of drug-likeness (QED) is 0.513. The van der Waals surface area contributed by atoms with E-state index in [2.05, 4.69) is 18.7 Å². The van der Waals surface area contributed by atoms with Crippen LogP contribution >= 0.6 is 0 Å². The molecule has 0 heterocycles. The highest BCUT2D eigenvalue weighted by molar-refractivity contribution is 4.72. The van der Waals surface area contributed by atoms with Crippen molar-refractivity contribution < 1.29 is 5.11 Å². The molecule has 98 valence electrons. The second-order valence-electron chi connectivity index (χ2n) is 4.45. The van der Waals surface area contributed by atoms with E-state index >= 15 is 0 Å². The minimum absolute atomic E-state index is 0.272. The van der Waals surface area contributed by atoms with Crippen molar-refractivity contribution in [2.75, 3.05) is 26.2 Å². The molecule has 0 bridgehead atoms. The molecule has 2 unspecified atom stereocenters. The van der Waals surface area contributed by atoms with Gasteiger partial charge in [-0.15, -0.1) is 0 Å². The normalized spacial score (nSPS) is 15.4. The minimum atomic E-state index is -0.449. The lowest BCUT2D eigenvalue weighted by atomic mass is 10.1. The van der Waals surface area contributed by atoms with Crippen LogP contribution in [0.5, 0.6) is 0 Å². The second kappa shape index (κ2) is 10.0. The number of rotatable bonds is 10. The average Bonchev–Trinajstić information content (AvgIpc) is 2.28. The lowest BCUT2D eigenvalue weighted by molar-refractivity contribution is 0.128. The zero-order valence-electron chi connectivity index (χ0n) is 10.9. The standard InChI is InChI=1S/C12H29N3O/c1-3-7-15(8-4-2)9-5-6-12(16)11(14)10-13/h11-12,16H,3-10,13-14H2,1-2H3. The largest absolute Gasteiger partial charge is 0.391 e. The molecule has 2 atom stereocenters. The summed E-state index contributed by atoms with van der Waals surface area (Å²) in [6.45, 7) is 8.09. The highest BCUT2D eigenvalue weighted by Crippen LogP contribution is 2.03. The van der Waals surface area contributed by atoms with Crippen molar-refractivity contribution in [2.45, 2.75) is 51.7 Å². The second-order valence-corrected chi connectivity index (χ2v) is 4.45. The maximum Gasteiger partial charge on any atom is 0.0703 e. The lowest BCUT2D eigenvalue weighted by Gasteiger charge is -2.22. The molecule has 4 heteroatoms. The molecule has 0 aliphatic heterocycles. The van der Waals surface area contributed by atoms with E-state index in [9.17, 15) is 5.11 Å². The molecule has 0 amide bonds. The van der Waals surface area contributed by atoms with Gasteiger partial charge in [-0.2, -0.15) is 0 Å². The third-order valence-electron chi connectivity index (χ3n) is 2.82. The van der Waals surface area contributed by atoms with Crippen molar-refractivity contribution in [1.82, 2.24) is 4.90 Å². The summed E-state index contributed by atoms with van der Waals surface area (Å²) in [7, 11) is 0. The third-order valence-corrected chi connectivity index (χ3v) is 2.82. The van der Waals surface area contributed by atoms with Crippen LogP contribution in [0, 0.1) is 0 Å². The Hall–Kier alpha value is -0.160. The maximum atomic E-state index is 9.67. The van der Waals surface area contributed by atoms with Crippen LogP contribution < -0.4 is 11.5 Å². The van der Waals surface area contributed by atoms with Crippen LogP contribution in [0.4, 0.5) is 0 Å². The molecule has 0 aromatic rings. The van der Waals surface area contributed by atoms with Gasteiger partial charge in [-0.25, -0.2) is 0 Å². The Kier molecular flexibility index (Phi) is 9.92. The van der Waals surface area contributed by atoms with E-state index in [0.29, 0.717) is 6.54 Å². The fourth-order valence-electron chi connectivity index (χ4n) is 1.86. The lowest BCUT2D eigenvalue weighted by Crippen LogP contribution is -2.41. The Morgan fingerprint density at radius 1 is 1.12 bits per heavy atom. The number of nitrogens with two attached hydrogens (primary N) is 2. The predicted molar refractivity (Wildman–Crippen MR) is 69.3 cm³/mol. The molecular weight excluding hydrogens is 202 g/mol. The summed E-state index contributed by atoms with van der Waals surface area (Å²) in [6.07, 6.45) is 3.67. The number of aliphatic hydroxyl groups excluding tert-OH is 1. The van der Waals surface area contributed by atoms with Gasteiger partial charge in [0, 0.05) is 12.6 Å². The highest BCUT2D eigenvalue weighted by atomic mass is 16.3. The van der Waals surface area contributed by atoms with Gasteiger partial charge >= 0.3 is 0 Å². The fraction of sp³-hybridized carbons (Fsp3) is 1.00. The molecule has 0 aliphatic carbocycles. The van der Waals surface area contributed by atoms with E-state index < -0.39 is 6.10 Å². The Labute approximate surface area is 100.0 Å². The Balaban J connectivity index is 3.67. The van der Waals surface area contributed by atoms with Crippen LogP contribution in [0.15, 0.2) is 0 Å². The van der Waals surface area contributed by atoms with Crippen LogP contribution in [0.1, 0.15) is 39.5 Å². The van der Waals surface area contributed by atoms with Gasteiger partial charge in [0.05, 0.1) is 6.10 Å². The Bertz CT molecular complexity index is 149. The van der Waals surface area contributed by atoms with Gasteiger partial charge in [0.25, 0.3) is 0 Å². The molecule has 0 fully saturated rings. The summed E-state index contributed by atoms with van der Waals surface area (Å²) >= 11 is 0. The summed E-state index contributed by atoms with van der Waals surface area (Å²) in [5, 5.41) is 9.67. The third kappa shape index (κ3) is 7.17. The molecule has 5 N–H and O–H groups in total. The van der Waals surface area contributed by atoms with Crippen LogP contribution in [0.25, 0.3) is 0 Å². The van der Waals surface area contributed by atoms with E-state index in [1.807, 2.05) is 0 Å². The number of nitrogens with zero attached hydrogens (tertiary/aromatic N) is 1. The summed E-state index contributed by atoms with van der Waals surface area (Å²) in [6, 6.07) is -0.272. The first-order valence-electron chi connectivity index (χ1n) is 6.51. The van der Waals surface area contributed by atoms with Crippen LogP contribution in [-0.4, -0.2) is 48.3 Å². The molecule has 0 radical (unpaired) electrons. The van der Waals surface area contributed by atoms with Crippen molar-refractivity contribution in [3.05, 3.63) is 0 Å². The van der Waals surface area contributed by atoms with Crippen molar-refractivity contribution >= 4 is 0 Å². The predicted octanol–water partition coefficient (Wildman–Crippen LogP) is 0.536. The van der Waals surface area contributed by atoms with E-state index in [0.717, 1.165) is 32.5 Å². The van der Waals surface area contributed by atoms with Crippen LogP contribution in [0.2, 0.25) is 0 Å². The molecule has 16 heavy (non-hydrogen) atoms. The topological polar surface area (TPSA) is 75.5 Å². The van der Waals surface area contributed by atoms with Crippen LogP contribution in [0.3, 0.4) is 0 Å². The van der Waals surface area contributed by atoms with Crippen molar-refractivity contribution in [2.24, 2.45) is 11.5 Å². The first-order chi connectivity index (χ1) is 7.65. The molecule has 0 saturated carbocycles. The number of aliphatic hydroxyl groups is 1. The zero-order chi connectivity index (χ0) is 12.4. The van der Waals surface area contributed by atoms with E-state index in [1.54, 1.807) is 0 Å². The highest BCUT2D eigenvalue weighted by Gasteiger charge is 2.12. The Morgan fingerprint density at radius 2 is 1.69 bits per heavy atom. The monoisotopic (exact) mass is 231 g/mol. The summed E-state index contributed by atoms with van der Waals surface area (Å²) < 4.78 is 0. The molecule has 0 spiro atoms. The minimum Gasteiger partial charge on any atom is -0.391 e. The van der Waals surface area contributed by atoms with Gasteiger partial charge in [0.15, 0.2) is 0 Å². The zero-order valence-corrected chi connectivity index (χ0v) is 10.9. The smallest absolute Gasteiger partial charge is 0.0703 e. The van der Waals surface area contributed by atoms with Gasteiger partial charge in [-0.1, -0.05) is 13.8 Å². The Morgan fingerprint density at radius 3 is 2.12 bits per heavy atom. The molecule has 0 rings (SSSR count). The van der Waals surface area contributed by atoms with Gasteiger partial charge in [0.1, 0.15) is 0 Å². The molecule has 4 nitrogen and oxygen atoms in total. The SMILES string of the molecule is CCCN(CCC)CCCC(O)C(N)CN. The maximum absolute atomic E-state index is 9.67. The summed E-state index contributed by atoms with van der Waals surface area (Å²) in [4.78, 5) is 2.45. The fourth-order valence-corrected chi connectivity index (χ4v) is 1.86. The number of hydrogen-bond donors (Lipinski definition) is 3. The molecule has 0 aromatic carbocycles. The van der Waals surface area contributed by atoms with E-state index in [1.165, 1.54) is 12.8 Å². The van der Waals surface area contributed by atoms with Gasteiger partial charge < -0.3 is 21.5 Å². The summed E-state index contributed by atoms with van der Waals surface area (Å²) in [5.41, 5.74) is 11.1. The van der Waals surface area contributed by atoms with Gasteiger partial charge in [-0.05, 0) is 45.3 Å². The average molecular weight is 231 g/mol. The first kappa shape index (κ1) is 15.8. The summed E-state index contributed by atoms with van der Waals surface area (Å²) in [5.74, 6) is 0. The first-order valence-corrected chi connectivity index (χ1v) is 6.51.